The second-order valence-electron chi connectivity index (χ2n) is 14.3. The van der Waals surface area contributed by atoms with Crippen LogP contribution in [0.25, 0.3) is 0 Å². The van der Waals surface area contributed by atoms with E-state index in [9.17, 15) is 81.4 Å². The molecule has 5 fully saturated rings. The molecule has 0 aromatic carbocycles. The molecule has 0 bridgehead atoms. The predicted molar refractivity (Wildman–Crippen MR) is 172 cm³/mol. The topological polar surface area (TPSA) is 416 Å². The number of aliphatic hydroxyl groups is 15. The van der Waals surface area contributed by atoms with Gasteiger partial charge in [-0.25, -0.2) is 0 Å². The number of ether oxygens (including phenoxy) is 9. The first-order chi connectivity index (χ1) is 26.9. The lowest BCUT2D eigenvalue weighted by Gasteiger charge is -2.50. The van der Waals surface area contributed by atoms with Crippen LogP contribution in [0.3, 0.4) is 0 Å². The van der Waals surface area contributed by atoms with Crippen LogP contribution in [0.1, 0.15) is 6.92 Å². The van der Waals surface area contributed by atoms with Gasteiger partial charge >= 0.3 is 0 Å². The Morgan fingerprint density at radius 2 is 1.04 bits per heavy atom. The molecule has 332 valence electrons. The van der Waals surface area contributed by atoms with Gasteiger partial charge < -0.3 is 125 Å². The average molecular weight is 840 g/mol. The minimum absolute atomic E-state index is 0.615. The molecule has 16 N–H and O–H groups in total. The molecule has 1 amide bonds. The Hall–Kier alpha value is -1.49. The van der Waals surface area contributed by atoms with Gasteiger partial charge in [-0.2, -0.15) is 0 Å². The zero-order valence-corrected chi connectivity index (χ0v) is 30.2. The van der Waals surface area contributed by atoms with Gasteiger partial charge in [0, 0.05) is 6.92 Å². The second kappa shape index (κ2) is 19.9. The molecule has 26 heteroatoms. The van der Waals surface area contributed by atoms with Gasteiger partial charge in [-0.05, 0) is 0 Å². The van der Waals surface area contributed by atoms with Gasteiger partial charge in [-0.3, -0.25) is 4.79 Å². The predicted octanol–water partition coefficient (Wildman–Crippen LogP) is -11.1. The summed E-state index contributed by atoms with van der Waals surface area (Å²) in [6, 6.07) is -1.59. The van der Waals surface area contributed by atoms with E-state index >= 15 is 0 Å². The van der Waals surface area contributed by atoms with Gasteiger partial charge in [0.05, 0.1) is 33.0 Å². The Morgan fingerprint density at radius 3 is 1.61 bits per heavy atom. The van der Waals surface area contributed by atoms with Gasteiger partial charge in [-0.15, -0.1) is 0 Å². The molecule has 0 aromatic rings. The third-order valence-corrected chi connectivity index (χ3v) is 10.3. The van der Waals surface area contributed by atoms with Crippen LogP contribution in [0.2, 0.25) is 0 Å². The van der Waals surface area contributed by atoms with E-state index in [2.05, 4.69) is 5.32 Å². The maximum Gasteiger partial charge on any atom is 0.217 e. The number of hydrogen-bond donors (Lipinski definition) is 16. The van der Waals surface area contributed by atoms with Crippen molar-refractivity contribution in [2.45, 2.75) is 154 Å². The van der Waals surface area contributed by atoms with Gasteiger partial charge in [0.15, 0.2) is 31.5 Å². The van der Waals surface area contributed by atoms with Crippen LogP contribution >= 0.6 is 0 Å². The smallest absolute Gasteiger partial charge is 0.217 e. The van der Waals surface area contributed by atoms with E-state index in [4.69, 9.17) is 42.6 Å². The van der Waals surface area contributed by atoms with Crippen molar-refractivity contribution in [2.75, 3.05) is 33.0 Å². The van der Waals surface area contributed by atoms with Crippen LogP contribution in [0.4, 0.5) is 0 Å². The molecule has 0 saturated carbocycles. The van der Waals surface area contributed by atoms with Crippen molar-refractivity contribution in [2.24, 2.45) is 0 Å². The molecule has 1 unspecified atom stereocenters. The summed E-state index contributed by atoms with van der Waals surface area (Å²) in [5.41, 5.74) is 0. The first-order valence-electron chi connectivity index (χ1n) is 18.0. The van der Waals surface area contributed by atoms with Crippen molar-refractivity contribution < 1.29 is 124 Å². The lowest BCUT2D eigenvalue weighted by Crippen LogP contribution is -2.69. The largest absolute Gasteiger partial charge is 0.394 e. The van der Waals surface area contributed by atoms with Crippen molar-refractivity contribution in [3.05, 3.63) is 0 Å². The van der Waals surface area contributed by atoms with Crippen molar-refractivity contribution >= 4 is 5.91 Å². The molecule has 5 saturated heterocycles. The number of rotatable bonds is 13. The average Bonchev–Trinajstić information content (AvgIpc) is 3.18. The number of carbonyl (C=O) groups excluding carboxylic acids is 1. The lowest BCUT2D eigenvalue weighted by atomic mass is 9.94. The Kier molecular flexibility index (Phi) is 16.3. The Balaban J connectivity index is 1.52. The minimum Gasteiger partial charge on any atom is -0.394 e. The van der Waals surface area contributed by atoms with Gasteiger partial charge in [0.2, 0.25) is 5.91 Å². The normalized spacial score (nSPS) is 51.0. The molecular weight excluding hydrogens is 786 g/mol. The molecule has 0 radical (unpaired) electrons. The van der Waals surface area contributed by atoms with Crippen molar-refractivity contribution in [1.82, 2.24) is 5.32 Å². The highest BCUT2D eigenvalue weighted by Gasteiger charge is 2.57. The Morgan fingerprint density at radius 1 is 0.526 bits per heavy atom. The van der Waals surface area contributed by atoms with Crippen LogP contribution in [-0.2, 0) is 47.4 Å². The summed E-state index contributed by atoms with van der Waals surface area (Å²) in [5.74, 6) is -0.733. The molecule has 26 nitrogen and oxygen atoms in total. The number of carbonyl (C=O) groups is 1. The van der Waals surface area contributed by atoms with Crippen molar-refractivity contribution in [3.63, 3.8) is 0 Å². The summed E-state index contributed by atoms with van der Waals surface area (Å²) in [6.07, 6.45) is -42.7. The van der Waals surface area contributed by atoms with E-state index in [0.717, 1.165) is 6.92 Å². The van der Waals surface area contributed by atoms with E-state index in [1.807, 2.05) is 0 Å². The van der Waals surface area contributed by atoms with Crippen LogP contribution in [0.15, 0.2) is 0 Å². The second-order valence-corrected chi connectivity index (χ2v) is 14.3. The standard InChI is InChI=1S/C31H53NO25/c1-7(36)32-13-18(42)24(11(4-35)51-27(13)48)55-31-26(57-29-21(45)14(38)8(37)5-49-29)25(56-30-23(47)20(44)16(40)10(3-34)53-30)17(41)12(54-31)6-50-28-22(46)19(43)15(39)9(2-33)52-28/h8-31,33-35,37-48H,2-6H2,1H3,(H,32,36)/t8-,9-,10-,11-,12-,13-,14+,15-,16-,17-,18-,19+,20+,21-,22+,23+,24-,25+,26+,27?,28+,29+,30-,31+/m1/s1. The zero-order chi connectivity index (χ0) is 42.0. The van der Waals surface area contributed by atoms with Crippen molar-refractivity contribution in [1.29, 1.82) is 0 Å². The van der Waals surface area contributed by atoms with E-state index in [0.29, 0.717) is 0 Å². The third-order valence-electron chi connectivity index (χ3n) is 10.3. The number of amides is 1. The molecule has 24 atom stereocenters. The van der Waals surface area contributed by atoms with E-state index in [1.165, 1.54) is 0 Å². The van der Waals surface area contributed by atoms with Crippen LogP contribution < -0.4 is 5.32 Å². The molecule has 57 heavy (non-hydrogen) atoms. The molecule has 5 aliphatic heterocycles. The molecule has 5 heterocycles. The summed E-state index contributed by atoms with van der Waals surface area (Å²) in [7, 11) is 0. The van der Waals surface area contributed by atoms with Crippen LogP contribution in [0, 0.1) is 0 Å². The highest BCUT2D eigenvalue weighted by atomic mass is 16.8. The fourth-order valence-electron chi connectivity index (χ4n) is 7.02. The molecular formula is C31H53NO25. The van der Waals surface area contributed by atoms with Crippen LogP contribution in [-0.4, -0.2) is 263 Å². The molecule has 0 spiro atoms. The third kappa shape index (κ3) is 10.0. The first-order valence-corrected chi connectivity index (χ1v) is 18.0. The fourth-order valence-corrected chi connectivity index (χ4v) is 7.02. The summed E-state index contributed by atoms with van der Waals surface area (Å²) >= 11 is 0. The quantitative estimate of drug-likeness (QED) is 0.0818. The zero-order valence-electron chi connectivity index (χ0n) is 30.2. The fraction of sp³-hybridized carbons (Fsp3) is 0.968. The molecule has 5 aliphatic rings. The van der Waals surface area contributed by atoms with E-state index in [1.54, 1.807) is 0 Å². The monoisotopic (exact) mass is 839 g/mol. The highest BCUT2D eigenvalue weighted by molar-refractivity contribution is 5.73. The van der Waals surface area contributed by atoms with Gasteiger partial charge in [-0.1, -0.05) is 0 Å². The van der Waals surface area contributed by atoms with Gasteiger partial charge in [0.25, 0.3) is 0 Å². The van der Waals surface area contributed by atoms with Crippen molar-refractivity contribution in [3.8, 4) is 0 Å². The summed E-state index contributed by atoms with van der Waals surface area (Å²) in [4.78, 5) is 11.9. The highest BCUT2D eigenvalue weighted by Crippen LogP contribution is 2.36. The first kappa shape index (κ1) is 46.6. The maximum absolute atomic E-state index is 11.9. The lowest BCUT2D eigenvalue weighted by molar-refractivity contribution is -0.401. The Labute approximate surface area is 322 Å². The summed E-state index contributed by atoms with van der Waals surface area (Å²) < 4.78 is 51.1. The van der Waals surface area contributed by atoms with E-state index in [-0.39, 0.29) is 0 Å². The summed E-state index contributed by atoms with van der Waals surface area (Å²) in [5, 5.41) is 159. The summed E-state index contributed by atoms with van der Waals surface area (Å²) in [6.45, 7) is -3.08. The molecule has 5 rings (SSSR count). The Bertz CT molecular complexity index is 1270. The van der Waals surface area contributed by atoms with E-state index < -0.39 is 186 Å². The number of nitrogens with one attached hydrogen (secondary N) is 1. The SMILES string of the molecule is CC(=O)N[C@H]1C(O)O[C@H](CO)[C@@H](O[C@@H]2O[C@H](CO[C@H]3O[C@H](CO)[C@@H](O)[C@H](O)[C@@H]3O)[C@@H](O)[C@H](O[C@H]3O[C@H](CO)[C@@H](O)[C@H](O)[C@@H]3O)[C@@H]2O[C@@H]2OC[C@@H](O)[C@H](O)[C@H]2O)[C@@H]1O. The molecule has 0 aromatic heterocycles. The molecule has 0 aliphatic carbocycles. The van der Waals surface area contributed by atoms with Gasteiger partial charge in [0.1, 0.15) is 116 Å². The maximum atomic E-state index is 11.9. The minimum atomic E-state index is -2.09. The number of hydrogen-bond acceptors (Lipinski definition) is 25. The van der Waals surface area contributed by atoms with Crippen LogP contribution in [0.5, 0.6) is 0 Å². The number of aliphatic hydroxyl groups excluding tert-OH is 15.